The highest BCUT2D eigenvalue weighted by atomic mass is 19.3. The minimum absolute atomic E-state index is 0.00977. The van der Waals surface area contributed by atoms with Crippen LogP contribution in [0.2, 0.25) is 0 Å². The molecule has 0 heterocycles. The lowest BCUT2D eigenvalue weighted by molar-refractivity contribution is 0.0503. The van der Waals surface area contributed by atoms with E-state index < -0.39 is 6.43 Å². The van der Waals surface area contributed by atoms with E-state index in [1.807, 2.05) is 0 Å². The van der Waals surface area contributed by atoms with E-state index in [4.69, 9.17) is 4.74 Å². The summed E-state index contributed by atoms with van der Waals surface area (Å²) < 4.78 is 29.4. The summed E-state index contributed by atoms with van der Waals surface area (Å²) in [5, 5.41) is 3.21. The van der Waals surface area contributed by atoms with Crippen LogP contribution >= 0.6 is 0 Å². The van der Waals surface area contributed by atoms with Crippen LogP contribution in [0.3, 0.4) is 0 Å². The zero-order valence-corrected chi connectivity index (χ0v) is 9.80. The predicted octanol–water partition coefficient (Wildman–Crippen LogP) is 1.20. The Morgan fingerprint density at radius 2 is 2.07 bits per heavy atom. The van der Waals surface area contributed by atoms with Gasteiger partial charge in [-0.1, -0.05) is 6.92 Å². The summed E-state index contributed by atoms with van der Waals surface area (Å²) in [6.45, 7) is 3.93. The highest BCUT2D eigenvalue weighted by molar-refractivity contribution is 4.71. The molecule has 0 aliphatic carbocycles. The number of nitrogens with one attached hydrogen (secondary N) is 1. The van der Waals surface area contributed by atoms with E-state index in [-0.39, 0.29) is 12.6 Å². The molecule has 0 saturated heterocycles. The van der Waals surface area contributed by atoms with Gasteiger partial charge in [0, 0.05) is 19.7 Å². The van der Waals surface area contributed by atoms with Crippen molar-refractivity contribution in [1.82, 2.24) is 10.2 Å². The van der Waals surface area contributed by atoms with Crippen molar-refractivity contribution in [3.8, 4) is 0 Å². The molecule has 0 spiro atoms. The van der Waals surface area contributed by atoms with Gasteiger partial charge in [-0.2, -0.15) is 0 Å². The number of halogens is 2. The van der Waals surface area contributed by atoms with Crippen LogP contribution < -0.4 is 5.32 Å². The maximum Gasteiger partial charge on any atom is 0.251 e. The van der Waals surface area contributed by atoms with Crippen LogP contribution in [0.5, 0.6) is 0 Å². The van der Waals surface area contributed by atoms with Gasteiger partial charge in [-0.05, 0) is 20.0 Å². The third-order valence-corrected chi connectivity index (χ3v) is 2.22. The summed E-state index contributed by atoms with van der Waals surface area (Å²) >= 11 is 0. The Labute approximate surface area is 90.8 Å². The maximum atomic E-state index is 12.2. The molecular formula is C10H22F2N2O. The van der Waals surface area contributed by atoms with Gasteiger partial charge in [-0.15, -0.1) is 0 Å². The van der Waals surface area contributed by atoms with Crippen LogP contribution in [0, 0.1) is 0 Å². The molecule has 0 amide bonds. The summed E-state index contributed by atoms with van der Waals surface area (Å²) in [5.74, 6) is 0. The molecule has 0 aromatic carbocycles. The number of methoxy groups -OCH3 is 1. The zero-order chi connectivity index (χ0) is 11.7. The van der Waals surface area contributed by atoms with Crippen molar-refractivity contribution in [2.24, 2.45) is 0 Å². The third kappa shape index (κ3) is 7.64. The number of ether oxygens (including phenoxy) is 1. The average molecular weight is 224 g/mol. The summed E-state index contributed by atoms with van der Waals surface area (Å²) in [5.41, 5.74) is 0. The van der Waals surface area contributed by atoms with Gasteiger partial charge >= 0.3 is 0 Å². The van der Waals surface area contributed by atoms with Crippen molar-refractivity contribution in [2.75, 3.05) is 40.4 Å². The second-order valence-corrected chi connectivity index (χ2v) is 3.64. The highest BCUT2D eigenvalue weighted by Crippen LogP contribution is 2.01. The molecule has 0 aliphatic rings. The lowest BCUT2D eigenvalue weighted by Gasteiger charge is -2.27. The minimum Gasteiger partial charge on any atom is -0.383 e. The molecule has 0 fully saturated rings. The molecule has 92 valence electrons. The van der Waals surface area contributed by atoms with Gasteiger partial charge in [0.1, 0.15) is 0 Å². The first kappa shape index (κ1) is 14.7. The smallest absolute Gasteiger partial charge is 0.251 e. The summed E-state index contributed by atoms with van der Waals surface area (Å²) in [6.07, 6.45) is -1.25. The van der Waals surface area contributed by atoms with Crippen LogP contribution in [0.1, 0.15) is 13.3 Å². The van der Waals surface area contributed by atoms with Gasteiger partial charge in [-0.25, -0.2) is 8.78 Å². The van der Waals surface area contributed by atoms with Gasteiger partial charge in [0.2, 0.25) is 0 Å². The number of nitrogens with zero attached hydrogens (tertiary/aromatic N) is 1. The van der Waals surface area contributed by atoms with Crippen molar-refractivity contribution in [2.45, 2.75) is 25.8 Å². The maximum absolute atomic E-state index is 12.2. The minimum atomic E-state index is -2.29. The Hall–Kier alpha value is -0.260. The summed E-state index contributed by atoms with van der Waals surface area (Å²) in [6, 6.07) is 0.00977. The Balaban J connectivity index is 3.88. The Morgan fingerprint density at radius 1 is 1.40 bits per heavy atom. The molecule has 1 atom stereocenters. The molecule has 0 rings (SSSR count). The Morgan fingerprint density at radius 3 is 2.53 bits per heavy atom. The van der Waals surface area contributed by atoms with Crippen LogP contribution in [-0.4, -0.2) is 57.8 Å². The van der Waals surface area contributed by atoms with Crippen molar-refractivity contribution in [3.63, 3.8) is 0 Å². The van der Waals surface area contributed by atoms with E-state index >= 15 is 0 Å². The number of rotatable bonds is 9. The van der Waals surface area contributed by atoms with Gasteiger partial charge in [0.25, 0.3) is 6.43 Å². The molecule has 3 nitrogen and oxygen atoms in total. The summed E-state index contributed by atoms with van der Waals surface area (Å²) in [7, 11) is 3.28. The largest absolute Gasteiger partial charge is 0.383 e. The Kier molecular flexibility index (Phi) is 8.85. The highest BCUT2D eigenvalue weighted by Gasteiger charge is 2.17. The van der Waals surface area contributed by atoms with E-state index in [9.17, 15) is 8.78 Å². The molecule has 0 aromatic rings. The van der Waals surface area contributed by atoms with Crippen LogP contribution in [0.15, 0.2) is 0 Å². The van der Waals surface area contributed by atoms with E-state index in [1.165, 1.54) is 0 Å². The fourth-order valence-electron chi connectivity index (χ4n) is 1.35. The van der Waals surface area contributed by atoms with E-state index in [0.717, 1.165) is 13.0 Å². The summed E-state index contributed by atoms with van der Waals surface area (Å²) in [4.78, 5) is 1.64. The van der Waals surface area contributed by atoms with E-state index in [2.05, 4.69) is 12.2 Å². The van der Waals surface area contributed by atoms with Gasteiger partial charge in [-0.3, -0.25) is 4.90 Å². The lowest BCUT2D eigenvalue weighted by Crippen LogP contribution is -2.45. The first-order valence-electron chi connectivity index (χ1n) is 5.29. The fraction of sp³-hybridized carbons (Fsp3) is 1.00. The topological polar surface area (TPSA) is 24.5 Å². The fourth-order valence-corrected chi connectivity index (χ4v) is 1.35. The van der Waals surface area contributed by atoms with E-state index in [1.54, 1.807) is 19.1 Å². The number of hydrogen-bond acceptors (Lipinski definition) is 3. The van der Waals surface area contributed by atoms with Crippen LogP contribution in [0.25, 0.3) is 0 Å². The predicted molar refractivity (Wildman–Crippen MR) is 57.5 cm³/mol. The first-order valence-corrected chi connectivity index (χ1v) is 5.29. The molecule has 0 aromatic heterocycles. The molecule has 0 radical (unpaired) electrons. The standard InChI is InChI=1S/C10H22F2N2O/c1-4-5-13-6-9(8-15-3)14(2)7-10(11)12/h9-10,13H,4-8H2,1-3H3. The second kappa shape index (κ2) is 9.00. The van der Waals surface area contributed by atoms with Crippen molar-refractivity contribution in [3.05, 3.63) is 0 Å². The van der Waals surface area contributed by atoms with Gasteiger partial charge < -0.3 is 10.1 Å². The van der Waals surface area contributed by atoms with Crippen LogP contribution in [0.4, 0.5) is 8.78 Å². The number of likely N-dealkylation sites (N-methyl/N-ethyl adjacent to an activating group) is 1. The molecular weight excluding hydrogens is 202 g/mol. The lowest BCUT2D eigenvalue weighted by atomic mass is 10.2. The molecule has 1 N–H and O–H groups in total. The molecule has 0 saturated carbocycles. The molecule has 1 unspecified atom stereocenters. The van der Waals surface area contributed by atoms with Gasteiger partial charge in [0.05, 0.1) is 13.2 Å². The molecule has 0 bridgehead atoms. The number of hydrogen-bond donors (Lipinski definition) is 1. The Bertz CT molecular complexity index is 147. The average Bonchev–Trinajstić information content (AvgIpc) is 2.15. The SMILES string of the molecule is CCCNCC(COC)N(C)CC(F)F. The number of alkyl halides is 2. The van der Waals surface area contributed by atoms with Gasteiger partial charge in [0.15, 0.2) is 0 Å². The van der Waals surface area contributed by atoms with Crippen molar-refractivity contribution in [1.29, 1.82) is 0 Å². The second-order valence-electron chi connectivity index (χ2n) is 3.64. The molecule has 15 heavy (non-hydrogen) atoms. The normalized spacial score (nSPS) is 13.8. The molecule has 0 aliphatic heterocycles. The van der Waals surface area contributed by atoms with E-state index in [0.29, 0.717) is 13.2 Å². The quantitative estimate of drug-likeness (QED) is 0.596. The van der Waals surface area contributed by atoms with Crippen molar-refractivity contribution < 1.29 is 13.5 Å². The van der Waals surface area contributed by atoms with Crippen LogP contribution in [-0.2, 0) is 4.74 Å². The molecule has 5 heteroatoms. The first-order chi connectivity index (χ1) is 7.11. The zero-order valence-electron chi connectivity index (χ0n) is 9.80. The van der Waals surface area contributed by atoms with Crippen molar-refractivity contribution >= 4 is 0 Å². The third-order valence-electron chi connectivity index (χ3n) is 2.22. The monoisotopic (exact) mass is 224 g/mol.